The number of nitrogens with zero attached hydrogens (tertiary/aromatic N) is 1. The number of hydrogen-bond donors (Lipinski definition) is 1. The van der Waals surface area contributed by atoms with E-state index in [2.05, 4.69) is 48.7 Å². The molecule has 0 aliphatic heterocycles. The Morgan fingerprint density at radius 1 is 1.67 bits per heavy atom. The molecule has 1 N–H and O–H groups in total. The summed E-state index contributed by atoms with van der Waals surface area (Å²) in [5.41, 5.74) is 0.333. The molecule has 80 valence electrons. The first-order chi connectivity index (χ1) is 7.00. The summed E-state index contributed by atoms with van der Waals surface area (Å²) in [6, 6.07) is 1.61. The molecule has 0 spiro atoms. The van der Waals surface area contributed by atoms with Crippen molar-refractivity contribution in [3.05, 3.63) is 38.5 Å². The van der Waals surface area contributed by atoms with E-state index in [1.165, 1.54) is 6.20 Å². The van der Waals surface area contributed by atoms with Crippen molar-refractivity contribution >= 4 is 49.4 Å². The minimum Gasteiger partial charge on any atom is -0.347 e. The van der Waals surface area contributed by atoms with Crippen LogP contribution in [0.15, 0.2) is 27.8 Å². The van der Waals surface area contributed by atoms with Gasteiger partial charge in [0.15, 0.2) is 0 Å². The van der Waals surface area contributed by atoms with Gasteiger partial charge in [-0.1, -0.05) is 34.1 Å². The summed E-state index contributed by atoms with van der Waals surface area (Å²) < 4.78 is 1.39. The second-order valence-electron chi connectivity index (χ2n) is 2.69. The lowest BCUT2D eigenvalue weighted by atomic mass is 10.2. The lowest BCUT2D eigenvalue weighted by molar-refractivity contribution is 0.0957. The van der Waals surface area contributed by atoms with Crippen molar-refractivity contribution in [2.75, 3.05) is 6.54 Å². The smallest absolute Gasteiger partial charge is 0.254 e. The maximum absolute atomic E-state index is 11.6. The number of aromatic nitrogens is 1. The van der Waals surface area contributed by atoms with Crippen LogP contribution in [0.2, 0.25) is 5.15 Å². The summed E-state index contributed by atoms with van der Waals surface area (Å²) in [7, 11) is 0. The molecule has 0 aliphatic rings. The van der Waals surface area contributed by atoms with Crippen molar-refractivity contribution in [2.24, 2.45) is 0 Å². The van der Waals surface area contributed by atoms with Crippen LogP contribution in [0.1, 0.15) is 10.4 Å². The van der Waals surface area contributed by atoms with Gasteiger partial charge in [-0.05, 0) is 22.0 Å². The van der Waals surface area contributed by atoms with Gasteiger partial charge in [-0.25, -0.2) is 4.98 Å². The van der Waals surface area contributed by atoms with Gasteiger partial charge in [-0.2, -0.15) is 0 Å². The predicted octanol–water partition coefficient (Wildman–Crippen LogP) is 3.14. The maximum Gasteiger partial charge on any atom is 0.254 e. The third-order valence-electron chi connectivity index (χ3n) is 1.49. The first kappa shape index (κ1) is 12.7. The number of amides is 1. The zero-order chi connectivity index (χ0) is 11.4. The molecule has 0 aliphatic carbocycles. The van der Waals surface area contributed by atoms with Crippen molar-refractivity contribution < 1.29 is 4.79 Å². The molecular formula is C9H7Br2ClN2O. The van der Waals surface area contributed by atoms with E-state index in [-0.39, 0.29) is 11.1 Å². The first-order valence-corrected chi connectivity index (χ1v) is 5.89. The molecule has 0 atom stereocenters. The Bertz CT molecular complexity index is 409. The van der Waals surface area contributed by atoms with Crippen molar-refractivity contribution in [1.29, 1.82) is 0 Å². The molecule has 0 saturated carbocycles. The molecule has 1 aromatic rings. The van der Waals surface area contributed by atoms with Gasteiger partial charge in [-0.15, -0.1) is 0 Å². The fraction of sp³-hybridized carbons (Fsp3) is 0.111. The van der Waals surface area contributed by atoms with E-state index in [4.69, 9.17) is 11.6 Å². The number of pyridine rings is 1. The summed E-state index contributed by atoms with van der Waals surface area (Å²) in [6.07, 6.45) is 1.53. The van der Waals surface area contributed by atoms with E-state index in [0.717, 1.165) is 0 Å². The van der Waals surface area contributed by atoms with Gasteiger partial charge in [-0.3, -0.25) is 4.79 Å². The summed E-state index contributed by atoms with van der Waals surface area (Å²) in [5, 5.41) is 2.81. The zero-order valence-electron chi connectivity index (χ0n) is 7.56. The van der Waals surface area contributed by atoms with Crippen molar-refractivity contribution in [3.63, 3.8) is 0 Å². The Balaban J connectivity index is 2.81. The quantitative estimate of drug-likeness (QED) is 0.848. The SMILES string of the molecule is C=C(Br)CNC(=O)c1cc(Br)cnc1Cl. The highest BCUT2D eigenvalue weighted by molar-refractivity contribution is 9.11. The van der Waals surface area contributed by atoms with Crippen LogP contribution in [-0.2, 0) is 0 Å². The lowest BCUT2D eigenvalue weighted by Crippen LogP contribution is -2.24. The molecule has 0 saturated heterocycles. The molecule has 0 unspecified atom stereocenters. The number of hydrogen-bond acceptors (Lipinski definition) is 2. The number of halogens is 3. The summed E-state index contributed by atoms with van der Waals surface area (Å²) in [6.45, 7) is 3.95. The van der Waals surface area contributed by atoms with E-state index in [1.807, 2.05) is 0 Å². The molecule has 1 heterocycles. The largest absolute Gasteiger partial charge is 0.347 e. The Hall–Kier alpha value is -0.390. The van der Waals surface area contributed by atoms with Crippen molar-refractivity contribution in [2.45, 2.75) is 0 Å². The standard InChI is InChI=1S/C9H7Br2ClN2O/c1-5(10)3-14-9(15)7-2-6(11)4-13-8(7)12/h2,4H,1,3H2,(H,14,15). The van der Waals surface area contributed by atoms with Gasteiger partial charge in [0.2, 0.25) is 0 Å². The normalized spacial score (nSPS) is 9.80. The van der Waals surface area contributed by atoms with E-state index >= 15 is 0 Å². The van der Waals surface area contributed by atoms with Gasteiger partial charge in [0, 0.05) is 21.7 Å². The number of nitrogens with one attached hydrogen (secondary N) is 1. The minimum atomic E-state index is -0.283. The molecule has 3 nitrogen and oxygen atoms in total. The Kier molecular flexibility index (Phi) is 4.76. The van der Waals surface area contributed by atoms with E-state index in [0.29, 0.717) is 21.1 Å². The first-order valence-electron chi connectivity index (χ1n) is 3.93. The molecular weight excluding hydrogens is 347 g/mol. The van der Waals surface area contributed by atoms with Crippen LogP contribution in [0.4, 0.5) is 0 Å². The molecule has 1 amide bonds. The third kappa shape index (κ3) is 3.93. The Morgan fingerprint density at radius 3 is 2.93 bits per heavy atom. The van der Waals surface area contributed by atoms with Crippen LogP contribution < -0.4 is 5.32 Å². The van der Waals surface area contributed by atoms with Gasteiger partial charge in [0.1, 0.15) is 5.15 Å². The third-order valence-corrected chi connectivity index (χ3v) is 2.51. The van der Waals surface area contributed by atoms with Gasteiger partial charge < -0.3 is 5.32 Å². The highest BCUT2D eigenvalue weighted by atomic mass is 79.9. The van der Waals surface area contributed by atoms with E-state index in [1.54, 1.807) is 6.07 Å². The number of rotatable bonds is 3. The van der Waals surface area contributed by atoms with Crippen LogP contribution in [0, 0.1) is 0 Å². The lowest BCUT2D eigenvalue weighted by Gasteiger charge is -2.05. The fourth-order valence-corrected chi connectivity index (χ4v) is 1.51. The van der Waals surface area contributed by atoms with Crippen LogP contribution >= 0.6 is 43.5 Å². The number of carbonyl (C=O) groups is 1. The van der Waals surface area contributed by atoms with Gasteiger partial charge in [0.25, 0.3) is 5.91 Å². The Labute approximate surface area is 109 Å². The second-order valence-corrected chi connectivity index (χ2v) is 5.09. The maximum atomic E-state index is 11.6. The van der Waals surface area contributed by atoms with Crippen LogP contribution in [0.5, 0.6) is 0 Å². The highest BCUT2D eigenvalue weighted by Gasteiger charge is 2.11. The molecule has 1 aromatic heterocycles. The topological polar surface area (TPSA) is 42.0 Å². The molecule has 15 heavy (non-hydrogen) atoms. The number of carbonyl (C=O) groups excluding carboxylic acids is 1. The van der Waals surface area contributed by atoms with Crippen molar-refractivity contribution in [3.8, 4) is 0 Å². The molecule has 0 radical (unpaired) electrons. The minimum absolute atomic E-state index is 0.177. The van der Waals surface area contributed by atoms with Crippen LogP contribution in [-0.4, -0.2) is 17.4 Å². The zero-order valence-corrected chi connectivity index (χ0v) is 11.5. The molecule has 0 fully saturated rings. The Morgan fingerprint density at radius 2 is 2.33 bits per heavy atom. The van der Waals surface area contributed by atoms with Crippen molar-refractivity contribution in [1.82, 2.24) is 10.3 Å². The van der Waals surface area contributed by atoms with Gasteiger partial charge in [0.05, 0.1) is 5.56 Å². The monoisotopic (exact) mass is 352 g/mol. The summed E-state index contributed by atoms with van der Waals surface area (Å²) in [5.74, 6) is -0.283. The molecule has 6 heteroatoms. The fourth-order valence-electron chi connectivity index (χ4n) is 0.853. The second kappa shape index (κ2) is 5.63. The summed E-state index contributed by atoms with van der Waals surface area (Å²) >= 11 is 12.1. The average Bonchev–Trinajstić information content (AvgIpc) is 2.18. The van der Waals surface area contributed by atoms with Crippen LogP contribution in [0.25, 0.3) is 0 Å². The average molecular weight is 354 g/mol. The molecule has 1 rings (SSSR count). The predicted molar refractivity (Wildman–Crippen MR) is 67.3 cm³/mol. The summed E-state index contributed by atoms with van der Waals surface area (Å²) in [4.78, 5) is 15.5. The molecule has 0 bridgehead atoms. The molecule has 0 aromatic carbocycles. The highest BCUT2D eigenvalue weighted by Crippen LogP contribution is 2.17. The van der Waals surface area contributed by atoms with Crippen LogP contribution in [0.3, 0.4) is 0 Å². The van der Waals surface area contributed by atoms with E-state index < -0.39 is 0 Å². The van der Waals surface area contributed by atoms with E-state index in [9.17, 15) is 4.79 Å². The van der Waals surface area contributed by atoms with Gasteiger partial charge >= 0.3 is 0 Å².